The SMILES string of the molecule is O=S(=O)(N1CCCC1)N1CCN(Cc2ncc(-c3ccc(Cl)cc3)o2)CC1. The number of oxazole rings is 1. The van der Waals surface area contributed by atoms with Crippen LogP contribution >= 0.6 is 11.6 Å². The number of halogens is 1. The van der Waals surface area contributed by atoms with Crippen LogP contribution < -0.4 is 0 Å². The van der Waals surface area contributed by atoms with Gasteiger partial charge in [-0.1, -0.05) is 11.6 Å². The summed E-state index contributed by atoms with van der Waals surface area (Å²) in [6.07, 6.45) is 3.63. The molecule has 0 unspecified atom stereocenters. The zero-order valence-electron chi connectivity index (χ0n) is 15.1. The second kappa shape index (κ2) is 7.89. The molecule has 1 aromatic carbocycles. The standard InChI is InChI=1S/C18H23ClN4O3S/c19-16-5-3-15(4-6-16)17-13-20-18(26-17)14-21-9-11-23(12-10-21)27(24,25)22-7-1-2-8-22/h3-6,13H,1-2,7-12,14H2. The molecular weight excluding hydrogens is 388 g/mol. The smallest absolute Gasteiger partial charge is 0.282 e. The van der Waals surface area contributed by atoms with Gasteiger partial charge in [-0.25, -0.2) is 4.98 Å². The van der Waals surface area contributed by atoms with Gasteiger partial charge in [-0.15, -0.1) is 0 Å². The summed E-state index contributed by atoms with van der Waals surface area (Å²) in [6.45, 7) is 4.22. The predicted molar refractivity (Wildman–Crippen MR) is 104 cm³/mol. The zero-order valence-corrected chi connectivity index (χ0v) is 16.6. The third-order valence-corrected chi connectivity index (χ3v) is 7.38. The normalized spacial score (nSPS) is 20.3. The van der Waals surface area contributed by atoms with E-state index < -0.39 is 10.2 Å². The maximum Gasteiger partial charge on any atom is 0.282 e. The maximum atomic E-state index is 12.6. The Morgan fingerprint density at radius 2 is 1.59 bits per heavy atom. The molecule has 3 heterocycles. The van der Waals surface area contributed by atoms with E-state index in [0.717, 1.165) is 18.4 Å². The fourth-order valence-electron chi connectivity index (χ4n) is 3.52. The number of nitrogens with zero attached hydrogens (tertiary/aromatic N) is 4. The van der Waals surface area contributed by atoms with Crippen LogP contribution in [0, 0.1) is 0 Å². The molecule has 4 rings (SSSR count). The van der Waals surface area contributed by atoms with E-state index in [4.69, 9.17) is 16.0 Å². The molecule has 0 aliphatic carbocycles. The predicted octanol–water partition coefficient (Wildman–Crippen LogP) is 2.45. The number of rotatable bonds is 5. The molecule has 2 aliphatic heterocycles. The Balaban J connectivity index is 1.34. The lowest BCUT2D eigenvalue weighted by Gasteiger charge is -2.35. The van der Waals surface area contributed by atoms with Gasteiger partial charge in [-0.2, -0.15) is 17.0 Å². The Bertz CT molecular complexity index is 870. The van der Waals surface area contributed by atoms with Crippen LogP contribution in [0.25, 0.3) is 11.3 Å². The third kappa shape index (κ3) is 4.20. The molecule has 9 heteroatoms. The lowest BCUT2D eigenvalue weighted by atomic mass is 10.2. The van der Waals surface area contributed by atoms with Gasteiger partial charge in [0.1, 0.15) is 0 Å². The molecule has 0 N–H and O–H groups in total. The average Bonchev–Trinajstić information content (AvgIpc) is 3.35. The van der Waals surface area contributed by atoms with Crippen molar-refractivity contribution in [3.05, 3.63) is 41.4 Å². The lowest BCUT2D eigenvalue weighted by Crippen LogP contribution is -2.52. The number of piperazine rings is 1. The van der Waals surface area contributed by atoms with Crippen molar-refractivity contribution in [2.45, 2.75) is 19.4 Å². The lowest BCUT2D eigenvalue weighted by molar-refractivity contribution is 0.164. The monoisotopic (exact) mass is 410 g/mol. The van der Waals surface area contributed by atoms with Crippen molar-refractivity contribution in [2.75, 3.05) is 39.3 Å². The van der Waals surface area contributed by atoms with E-state index in [1.165, 1.54) is 0 Å². The highest BCUT2D eigenvalue weighted by atomic mass is 35.5. The van der Waals surface area contributed by atoms with E-state index in [1.54, 1.807) is 14.8 Å². The van der Waals surface area contributed by atoms with Crippen LogP contribution in [0.3, 0.4) is 0 Å². The first kappa shape index (κ1) is 18.9. The zero-order chi connectivity index (χ0) is 18.9. The van der Waals surface area contributed by atoms with Crippen molar-refractivity contribution in [3.8, 4) is 11.3 Å². The van der Waals surface area contributed by atoms with Gasteiger partial charge in [0.15, 0.2) is 5.76 Å². The highest BCUT2D eigenvalue weighted by Gasteiger charge is 2.33. The van der Waals surface area contributed by atoms with Gasteiger partial charge in [-0.05, 0) is 37.1 Å². The Kier molecular flexibility index (Phi) is 5.52. The molecule has 2 aromatic rings. The van der Waals surface area contributed by atoms with Crippen LogP contribution in [0.5, 0.6) is 0 Å². The average molecular weight is 411 g/mol. The molecule has 0 bridgehead atoms. The molecule has 2 fully saturated rings. The fourth-order valence-corrected chi connectivity index (χ4v) is 5.32. The largest absolute Gasteiger partial charge is 0.439 e. The van der Waals surface area contributed by atoms with Gasteiger partial charge in [-0.3, -0.25) is 4.90 Å². The van der Waals surface area contributed by atoms with Gasteiger partial charge in [0, 0.05) is 49.9 Å². The number of aromatic nitrogens is 1. The van der Waals surface area contributed by atoms with E-state index in [2.05, 4.69) is 9.88 Å². The number of hydrogen-bond donors (Lipinski definition) is 0. The molecule has 0 amide bonds. The Labute approximate surface area is 164 Å². The van der Waals surface area contributed by atoms with Crippen molar-refractivity contribution < 1.29 is 12.8 Å². The summed E-state index contributed by atoms with van der Waals surface area (Å²) in [4.78, 5) is 6.53. The quantitative estimate of drug-likeness (QED) is 0.757. The first-order valence-electron chi connectivity index (χ1n) is 9.20. The van der Waals surface area contributed by atoms with E-state index in [0.29, 0.717) is 62.5 Å². The molecule has 0 radical (unpaired) electrons. The number of hydrogen-bond acceptors (Lipinski definition) is 5. The van der Waals surface area contributed by atoms with Gasteiger partial charge < -0.3 is 4.42 Å². The summed E-state index contributed by atoms with van der Waals surface area (Å²) in [5, 5.41) is 0.681. The summed E-state index contributed by atoms with van der Waals surface area (Å²) in [5.41, 5.74) is 0.930. The second-order valence-corrected chi connectivity index (χ2v) is 9.28. The maximum absolute atomic E-state index is 12.6. The second-order valence-electron chi connectivity index (χ2n) is 6.91. The van der Waals surface area contributed by atoms with Gasteiger partial charge in [0.05, 0.1) is 12.7 Å². The molecule has 1 aromatic heterocycles. The molecule has 0 saturated carbocycles. The van der Waals surface area contributed by atoms with Crippen LogP contribution in [0.1, 0.15) is 18.7 Å². The van der Waals surface area contributed by atoms with Gasteiger partial charge >= 0.3 is 0 Å². The van der Waals surface area contributed by atoms with E-state index >= 15 is 0 Å². The fraction of sp³-hybridized carbons (Fsp3) is 0.500. The topological polar surface area (TPSA) is 69.9 Å². The van der Waals surface area contributed by atoms with Crippen LogP contribution in [0.2, 0.25) is 5.02 Å². The van der Waals surface area contributed by atoms with E-state index in [1.807, 2.05) is 24.3 Å². The van der Waals surface area contributed by atoms with Crippen molar-refractivity contribution in [1.82, 2.24) is 18.5 Å². The van der Waals surface area contributed by atoms with Gasteiger partial charge in [0.25, 0.3) is 10.2 Å². The van der Waals surface area contributed by atoms with E-state index in [-0.39, 0.29) is 0 Å². The molecule has 27 heavy (non-hydrogen) atoms. The van der Waals surface area contributed by atoms with Gasteiger partial charge in [0.2, 0.25) is 5.89 Å². The van der Waals surface area contributed by atoms with Crippen LogP contribution in [0.15, 0.2) is 34.9 Å². The highest BCUT2D eigenvalue weighted by Crippen LogP contribution is 2.23. The summed E-state index contributed by atoms with van der Waals surface area (Å²) < 4.78 is 34.3. The van der Waals surface area contributed by atoms with E-state index in [9.17, 15) is 8.42 Å². The Hall–Kier alpha value is -1.45. The molecule has 146 valence electrons. The molecule has 7 nitrogen and oxygen atoms in total. The van der Waals surface area contributed by atoms with Crippen molar-refractivity contribution in [3.63, 3.8) is 0 Å². The first-order chi connectivity index (χ1) is 13.0. The number of benzene rings is 1. The summed E-state index contributed by atoms with van der Waals surface area (Å²) in [7, 11) is -3.30. The minimum Gasteiger partial charge on any atom is -0.439 e. The minimum absolute atomic E-state index is 0.504. The molecule has 0 spiro atoms. The molecule has 0 atom stereocenters. The molecule has 2 aliphatic rings. The van der Waals surface area contributed by atoms with Crippen LogP contribution in [-0.2, 0) is 16.8 Å². The summed E-state index contributed by atoms with van der Waals surface area (Å²) in [5.74, 6) is 1.34. The Morgan fingerprint density at radius 3 is 2.26 bits per heavy atom. The molecule has 2 saturated heterocycles. The third-order valence-electron chi connectivity index (χ3n) is 5.09. The first-order valence-corrected chi connectivity index (χ1v) is 11.0. The van der Waals surface area contributed by atoms with Crippen LogP contribution in [0.4, 0.5) is 0 Å². The van der Waals surface area contributed by atoms with Crippen molar-refractivity contribution in [2.24, 2.45) is 0 Å². The highest BCUT2D eigenvalue weighted by molar-refractivity contribution is 7.86. The van der Waals surface area contributed by atoms with Crippen LogP contribution in [-0.4, -0.2) is 66.2 Å². The molecular formula is C18H23ClN4O3S. The minimum atomic E-state index is -3.30. The Morgan fingerprint density at radius 1 is 0.963 bits per heavy atom. The van der Waals surface area contributed by atoms with Crippen molar-refractivity contribution in [1.29, 1.82) is 0 Å². The summed E-state index contributed by atoms with van der Waals surface area (Å²) in [6, 6.07) is 7.43. The summed E-state index contributed by atoms with van der Waals surface area (Å²) >= 11 is 5.92. The van der Waals surface area contributed by atoms with Crippen molar-refractivity contribution >= 4 is 21.8 Å².